The second-order valence-electron chi connectivity index (χ2n) is 5.76. The molecule has 0 saturated heterocycles. The highest BCUT2D eigenvalue weighted by atomic mass is 35.5. The third kappa shape index (κ3) is 5.21. The second-order valence-corrected chi connectivity index (χ2v) is 7.29. The molecule has 1 N–H and O–H groups in total. The molecule has 0 amide bonds. The SMILES string of the molecule is COCCNc1cc(Sc2ccc(Cl)cc2)nc(-c2ccc(C)cc2)n1. The molecule has 0 radical (unpaired) electrons. The Hall–Kier alpha value is -2.08. The number of rotatable bonds is 7. The molecule has 26 heavy (non-hydrogen) atoms. The summed E-state index contributed by atoms with van der Waals surface area (Å²) in [5, 5.41) is 4.89. The van der Waals surface area contributed by atoms with Crippen molar-refractivity contribution in [2.75, 3.05) is 25.6 Å². The Bertz CT molecular complexity index is 854. The van der Waals surface area contributed by atoms with Crippen LogP contribution >= 0.6 is 23.4 Å². The Labute approximate surface area is 163 Å². The third-order valence-corrected chi connectivity index (χ3v) is 4.84. The zero-order valence-corrected chi connectivity index (χ0v) is 16.3. The minimum absolute atomic E-state index is 0.615. The second kappa shape index (κ2) is 9.03. The number of hydrogen-bond acceptors (Lipinski definition) is 5. The van der Waals surface area contributed by atoms with Crippen LogP contribution < -0.4 is 5.32 Å². The number of aryl methyl sites for hydroxylation is 1. The van der Waals surface area contributed by atoms with Crippen LogP contribution in [0.4, 0.5) is 5.82 Å². The fraction of sp³-hybridized carbons (Fsp3) is 0.200. The van der Waals surface area contributed by atoms with Crippen LogP contribution in [-0.2, 0) is 4.74 Å². The maximum atomic E-state index is 5.97. The molecule has 0 aliphatic heterocycles. The molecule has 1 heterocycles. The first kappa shape index (κ1) is 18.7. The fourth-order valence-electron chi connectivity index (χ4n) is 2.30. The molecular formula is C20H20ClN3OS. The van der Waals surface area contributed by atoms with Gasteiger partial charge in [0.25, 0.3) is 0 Å². The van der Waals surface area contributed by atoms with E-state index in [2.05, 4.69) is 29.4 Å². The van der Waals surface area contributed by atoms with Crippen LogP contribution in [0, 0.1) is 6.92 Å². The van der Waals surface area contributed by atoms with E-state index < -0.39 is 0 Å². The molecule has 1 aromatic heterocycles. The summed E-state index contributed by atoms with van der Waals surface area (Å²) in [5.74, 6) is 1.48. The molecule has 3 aromatic rings. The highest BCUT2D eigenvalue weighted by Gasteiger charge is 2.09. The van der Waals surface area contributed by atoms with Crippen LogP contribution in [0.5, 0.6) is 0 Å². The van der Waals surface area contributed by atoms with E-state index in [-0.39, 0.29) is 0 Å². The van der Waals surface area contributed by atoms with E-state index in [9.17, 15) is 0 Å². The number of nitrogens with one attached hydrogen (secondary N) is 1. The average molecular weight is 386 g/mol. The van der Waals surface area contributed by atoms with Gasteiger partial charge in [0.1, 0.15) is 10.8 Å². The first-order valence-electron chi connectivity index (χ1n) is 8.26. The van der Waals surface area contributed by atoms with E-state index in [1.807, 2.05) is 42.5 Å². The van der Waals surface area contributed by atoms with Gasteiger partial charge in [0, 0.05) is 35.2 Å². The molecule has 0 unspecified atom stereocenters. The van der Waals surface area contributed by atoms with E-state index in [1.54, 1.807) is 18.9 Å². The topological polar surface area (TPSA) is 47.0 Å². The summed E-state index contributed by atoms with van der Waals surface area (Å²) in [4.78, 5) is 10.5. The summed E-state index contributed by atoms with van der Waals surface area (Å²) >= 11 is 7.55. The van der Waals surface area contributed by atoms with Gasteiger partial charge in [0.2, 0.25) is 0 Å². The van der Waals surface area contributed by atoms with Crippen molar-refractivity contribution < 1.29 is 4.74 Å². The van der Waals surface area contributed by atoms with Crippen molar-refractivity contribution >= 4 is 29.2 Å². The molecule has 0 bridgehead atoms. The molecule has 0 saturated carbocycles. The van der Waals surface area contributed by atoms with Gasteiger partial charge in [-0.15, -0.1) is 0 Å². The molecule has 0 fully saturated rings. The number of nitrogens with zero attached hydrogens (tertiary/aromatic N) is 2. The quantitative estimate of drug-likeness (QED) is 0.440. The van der Waals surface area contributed by atoms with E-state index in [1.165, 1.54) is 5.56 Å². The summed E-state index contributed by atoms with van der Waals surface area (Å²) in [6.07, 6.45) is 0. The molecule has 6 heteroatoms. The van der Waals surface area contributed by atoms with Crippen molar-refractivity contribution in [3.63, 3.8) is 0 Å². The van der Waals surface area contributed by atoms with Gasteiger partial charge >= 0.3 is 0 Å². The van der Waals surface area contributed by atoms with Crippen molar-refractivity contribution in [3.8, 4) is 11.4 Å². The lowest BCUT2D eigenvalue weighted by Crippen LogP contribution is -2.09. The third-order valence-electron chi connectivity index (χ3n) is 3.66. The number of benzene rings is 2. The Kier molecular flexibility index (Phi) is 6.50. The van der Waals surface area contributed by atoms with Crippen molar-refractivity contribution in [1.29, 1.82) is 0 Å². The Morgan fingerprint density at radius 3 is 2.46 bits per heavy atom. The number of anilines is 1. The van der Waals surface area contributed by atoms with Gasteiger partial charge in [0.15, 0.2) is 5.82 Å². The number of ether oxygens (including phenoxy) is 1. The van der Waals surface area contributed by atoms with Gasteiger partial charge in [0.05, 0.1) is 6.61 Å². The van der Waals surface area contributed by atoms with Crippen molar-refractivity contribution in [3.05, 3.63) is 65.2 Å². The summed E-state index contributed by atoms with van der Waals surface area (Å²) < 4.78 is 5.11. The standard InChI is InChI=1S/C20H20ClN3OS/c1-14-3-5-15(6-4-14)20-23-18(22-11-12-25-2)13-19(24-20)26-17-9-7-16(21)8-10-17/h3-10,13H,11-12H2,1-2H3,(H,22,23,24). The van der Waals surface area contributed by atoms with Gasteiger partial charge in [-0.2, -0.15) is 0 Å². The van der Waals surface area contributed by atoms with Crippen molar-refractivity contribution in [1.82, 2.24) is 9.97 Å². The minimum atomic E-state index is 0.615. The van der Waals surface area contributed by atoms with Gasteiger partial charge in [-0.3, -0.25) is 0 Å². The molecule has 0 aliphatic rings. The van der Waals surface area contributed by atoms with Crippen LogP contribution in [0.15, 0.2) is 64.5 Å². The maximum absolute atomic E-state index is 5.97. The normalized spacial score (nSPS) is 10.7. The summed E-state index contributed by atoms with van der Waals surface area (Å²) in [6, 6.07) is 17.9. The number of halogens is 1. The van der Waals surface area contributed by atoms with E-state index in [0.717, 1.165) is 26.3 Å². The molecule has 2 aromatic carbocycles. The van der Waals surface area contributed by atoms with Crippen LogP contribution in [0.25, 0.3) is 11.4 Å². The maximum Gasteiger partial charge on any atom is 0.162 e. The summed E-state index contributed by atoms with van der Waals surface area (Å²) in [6.45, 7) is 3.37. The van der Waals surface area contributed by atoms with Crippen LogP contribution in [0.2, 0.25) is 5.02 Å². The largest absolute Gasteiger partial charge is 0.383 e. The van der Waals surface area contributed by atoms with E-state index in [4.69, 9.17) is 21.3 Å². The van der Waals surface area contributed by atoms with E-state index >= 15 is 0 Å². The minimum Gasteiger partial charge on any atom is -0.383 e. The molecule has 3 rings (SSSR count). The van der Waals surface area contributed by atoms with Crippen molar-refractivity contribution in [2.45, 2.75) is 16.8 Å². The molecule has 4 nitrogen and oxygen atoms in total. The monoisotopic (exact) mass is 385 g/mol. The highest BCUT2D eigenvalue weighted by molar-refractivity contribution is 7.99. The van der Waals surface area contributed by atoms with Gasteiger partial charge < -0.3 is 10.1 Å². The molecule has 134 valence electrons. The smallest absolute Gasteiger partial charge is 0.162 e. The first-order chi connectivity index (χ1) is 12.6. The molecule has 0 spiro atoms. The summed E-state index contributed by atoms with van der Waals surface area (Å²) in [5.41, 5.74) is 2.20. The Balaban J connectivity index is 1.91. The lowest BCUT2D eigenvalue weighted by atomic mass is 10.1. The average Bonchev–Trinajstić information content (AvgIpc) is 2.64. The molecular weight excluding hydrogens is 366 g/mol. The lowest BCUT2D eigenvalue weighted by Gasteiger charge is -2.10. The number of aromatic nitrogens is 2. The predicted octanol–water partition coefficient (Wildman–Crippen LogP) is 5.31. The fourth-order valence-corrected chi connectivity index (χ4v) is 3.25. The first-order valence-corrected chi connectivity index (χ1v) is 9.46. The zero-order valence-electron chi connectivity index (χ0n) is 14.7. The van der Waals surface area contributed by atoms with Gasteiger partial charge in [-0.1, -0.05) is 53.2 Å². The van der Waals surface area contributed by atoms with Crippen LogP contribution in [0.3, 0.4) is 0 Å². The van der Waals surface area contributed by atoms with Crippen LogP contribution in [0.1, 0.15) is 5.56 Å². The molecule has 0 aliphatic carbocycles. The lowest BCUT2D eigenvalue weighted by molar-refractivity contribution is 0.210. The van der Waals surface area contributed by atoms with Crippen LogP contribution in [-0.4, -0.2) is 30.2 Å². The van der Waals surface area contributed by atoms with Gasteiger partial charge in [-0.05, 0) is 31.2 Å². The predicted molar refractivity (Wildman–Crippen MR) is 108 cm³/mol. The number of hydrogen-bond donors (Lipinski definition) is 1. The highest BCUT2D eigenvalue weighted by Crippen LogP contribution is 2.30. The zero-order chi connectivity index (χ0) is 18.4. The Morgan fingerprint density at radius 1 is 1.04 bits per heavy atom. The Morgan fingerprint density at radius 2 is 1.77 bits per heavy atom. The van der Waals surface area contributed by atoms with Gasteiger partial charge in [-0.25, -0.2) is 9.97 Å². The summed E-state index contributed by atoms with van der Waals surface area (Å²) in [7, 11) is 1.68. The van der Waals surface area contributed by atoms with Crippen molar-refractivity contribution in [2.24, 2.45) is 0 Å². The number of methoxy groups -OCH3 is 1. The molecule has 0 atom stereocenters. The van der Waals surface area contributed by atoms with E-state index in [0.29, 0.717) is 19.0 Å².